The Morgan fingerprint density at radius 2 is 2.16 bits per heavy atom. The van der Waals surface area contributed by atoms with E-state index in [1.54, 1.807) is 14.2 Å². The number of hydrogen-bond acceptors (Lipinski definition) is 8. The zero-order valence-corrected chi connectivity index (χ0v) is 18.1. The summed E-state index contributed by atoms with van der Waals surface area (Å²) >= 11 is 1.41. The van der Waals surface area contributed by atoms with E-state index in [-0.39, 0.29) is 6.04 Å². The van der Waals surface area contributed by atoms with Crippen molar-refractivity contribution in [2.45, 2.75) is 41.9 Å². The van der Waals surface area contributed by atoms with Crippen LogP contribution in [-0.2, 0) is 6.54 Å². The molecule has 1 aliphatic carbocycles. The fourth-order valence-electron chi connectivity index (χ4n) is 3.53. The van der Waals surface area contributed by atoms with Gasteiger partial charge in [-0.3, -0.25) is 0 Å². The lowest BCUT2D eigenvalue weighted by Gasteiger charge is -2.17. The fourth-order valence-corrected chi connectivity index (χ4v) is 4.58. The molecular weight excluding hydrogens is 420 g/mol. The number of imidazole rings is 1. The predicted octanol–water partition coefficient (Wildman–Crippen LogP) is 3.01. The maximum atomic E-state index is 11.2. The van der Waals surface area contributed by atoms with Crippen LogP contribution in [0.2, 0.25) is 0 Å². The minimum atomic E-state index is -1.00. The standard InChI is InChI=1S/C20H24N6O4S/c1-29-12-5-6-14(30-2)15(9-12)31-19-25-16-17(21)22-10-23-18(16)26(19)8-7-13(11-3-4-11)24-20(27)28/h5-6,9-11,13,24H,3-4,7-8H2,1-2H3,(H,27,28)(H2,21,22,23). The van der Waals surface area contributed by atoms with Crippen molar-refractivity contribution < 1.29 is 19.4 Å². The van der Waals surface area contributed by atoms with Crippen molar-refractivity contribution in [3.05, 3.63) is 24.5 Å². The first-order valence-corrected chi connectivity index (χ1v) is 10.7. The van der Waals surface area contributed by atoms with Crippen LogP contribution in [0.3, 0.4) is 0 Å². The summed E-state index contributed by atoms with van der Waals surface area (Å²) in [5.74, 6) is 2.06. The molecular formula is C20H24N6O4S. The Bertz CT molecular complexity index is 1100. The van der Waals surface area contributed by atoms with E-state index in [4.69, 9.17) is 15.2 Å². The zero-order valence-electron chi connectivity index (χ0n) is 17.2. The molecule has 10 nitrogen and oxygen atoms in total. The Labute approximate surface area is 183 Å². The fraction of sp³-hybridized carbons (Fsp3) is 0.400. The van der Waals surface area contributed by atoms with Gasteiger partial charge in [-0.25, -0.2) is 19.7 Å². The third-order valence-corrected chi connectivity index (χ3v) is 6.29. The Kier molecular flexibility index (Phi) is 6.03. The summed E-state index contributed by atoms with van der Waals surface area (Å²) < 4.78 is 12.8. The van der Waals surface area contributed by atoms with Crippen LogP contribution < -0.4 is 20.5 Å². The first kappa shape index (κ1) is 21.0. The van der Waals surface area contributed by atoms with Gasteiger partial charge in [0.05, 0.1) is 19.1 Å². The number of nitrogens with one attached hydrogen (secondary N) is 1. The number of aromatic nitrogens is 4. The lowest BCUT2D eigenvalue weighted by Crippen LogP contribution is -2.36. The van der Waals surface area contributed by atoms with E-state index in [1.807, 2.05) is 22.8 Å². The summed E-state index contributed by atoms with van der Waals surface area (Å²) in [7, 11) is 3.21. The number of carboxylic acid groups (broad SMARTS) is 1. The van der Waals surface area contributed by atoms with E-state index >= 15 is 0 Å². The molecule has 164 valence electrons. The maximum Gasteiger partial charge on any atom is 0.404 e. The molecule has 31 heavy (non-hydrogen) atoms. The van der Waals surface area contributed by atoms with Gasteiger partial charge in [-0.05, 0) is 55.1 Å². The lowest BCUT2D eigenvalue weighted by molar-refractivity contribution is 0.186. The van der Waals surface area contributed by atoms with Crippen molar-refractivity contribution in [3.8, 4) is 11.5 Å². The summed E-state index contributed by atoms with van der Waals surface area (Å²) in [6, 6.07) is 5.43. The minimum Gasteiger partial charge on any atom is -0.497 e. The quantitative estimate of drug-likeness (QED) is 0.455. The number of methoxy groups -OCH3 is 2. The highest BCUT2D eigenvalue weighted by molar-refractivity contribution is 7.99. The molecule has 1 aliphatic rings. The molecule has 2 heterocycles. The first-order chi connectivity index (χ1) is 15.0. The molecule has 2 aromatic heterocycles. The van der Waals surface area contributed by atoms with Crippen LogP contribution in [-0.4, -0.2) is 51.0 Å². The molecule has 0 aliphatic heterocycles. The van der Waals surface area contributed by atoms with Gasteiger partial charge >= 0.3 is 6.09 Å². The van der Waals surface area contributed by atoms with Gasteiger partial charge in [0.1, 0.15) is 17.8 Å². The molecule has 1 aromatic carbocycles. The molecule has 1 fully saturated rings. The monoisotopic (exact) mass is 444 g/mol. The molecule has 0 saturated heterocycles. The first-order valence-electron chi connectivity index (χ1n) is 9.86. The SMILES string of the molecule is COc1ccc(OC)c(Sc2nc3c(N)ncnc3n2CCC(NC(=O)O)C2CC2)c1. The Balaban J connectivity index is 1.68. The van der Waals surface area contributed by atoms with Crippen LogP contribution in [0.15, 0.2) is 34.6 Å². The molecule has 0 radical (unpaired) electrons. The van der Waals surface area contributed by atoms with Crippen LogP contribution >= 0.6 is 11.8 Å². The van der Waals surface area contributed by atoms with Gasteiger partial charge < -0.3 is 30.2 Å². The predicted molar refractivity (Wildman–Crippen MR) is 116 cm³/mol. The lowest BCUT2D eigenvalue weighted by atomic mass is 10.1. The third-order valence-electron chi connectivity index (χ3n) is 5.26. The Morgan fingerprint density at radius 3 is 2.84 bits per heavy atom. The van der Waals surface area contributed by atoms with E-state index in [0.29, 0.717) is 52.5 Å². The van der Waals surface area contributed by atoms with Crippen LogP contribution in [0.1, 0.15) is 19.3 Å². The molecule has 11 heteroatoms. The van der Waals surface area contributed by atoms with Gasteiger partial charge in [-0.1, -0.05) is 0 Å². The van der Waals surface area contributed by atoms with Crippen LogP contribution in [0, 0.1) is 5.92 Å². The second-order valence-corrected chi connectivity index (χ2v) is 8.29. The van der Waals surface area contributed by atoms with E-state index < -0.39 is 6.09 Å². The number of carbonyl (C=O) groups is 1. The van der Waals surface area contributed by atoms with Crippen molar-refractivity contribution >= 4 is 34.8 Å². The smallest absolute Gasteiger partial charge is 0.404 e. The number of benzene rings is 1. The summed E-state index contributed by atoms with van der Waals surface area (Å²) in [5, 5.41) is 12.5. The maximum absolute atomic E-state index is 11.2. The van der Waals surface area contributed by atoms with E-state index in [9.17, 15) is 9.90 Å². The minimum absolute atomic E-state index is 0.113. The van der Waals surface area contributed by atoms with E-state index in [2.05, 4.69) is 20.3 Å². The zero-order chi connectivity index (χ0) is 22.0. The number of anilines is 1. The Hall–Kier alpha value is -3.21. The average molecular weight is 445 g/mol. The van der Waals surface area contributed by atoms with Gasteiger partial charge in [0.15, 0.2) is 22.1 Å². The number of aryl methyl sites for hydroxylation is 1. The topological polar surface area (TPSA) is 137 Å². The van der Waals surface area contributed by atoms with Crippen LogP contribution in [0.25, 0.3) is 11.2 Å². The van der Waals surface area contributed by atoms with E-state index in [1.165, 1.54) is 18.1 Å². The second-order valence-electron chi connectivity index (χ2n) is 7.28. The summed E-state index contributed by atoms with van der Waals surface area (Å²) in [4.78, 5) is 25.1. The number of rotatable bonds is 9. The van der Waals surface area contributed by atoms with Gasteiger partial charge in [0, 0.05) is 12.6 Å². The molecule has 0 bridgehead atoms. The normalized spacial score (nSPS) is 14.4. The van der Waals surface area contributed by atoms with Crippen molar-refractivity contribution in [1.29, 1.82) is 0 Å². The Morgan fingerprint density at radius 1 is 1.35 bits per heavy atom. The molecule has 1 saturated carbocycles. The molecule has 0 spiro atoms. The average Bonchev–Trinajstić information content (AvgIpc) is 3.54. The number of nitrogen functional groups attached to an aromatic ring is 1. The van der Waals surface area contributed by atoms with Crippen molar-refractivity contribution in [2.24, 2.45) is 5.92 Å². The molecule has 3 aromatic rings. The summed E-state index contributed by atoms with van der Waals surface area (Å²) in [6.45, 7) is 0.531. The van der Waals surface area contributed by atoms with Gasteiger partial charge in [-0.2, -0.15) is 0 Å². The molecule has 1 unspecified atom stereocenters. The van der Waals surface area contributed by atoms with Crippen LogP contribution in [0.4, 0.5) is 10.6 Å². The molecule has 1 amide bonds. The van der Waals surface area contributed by atoms with Crippen molar-refractivity contribution in [1.82, 2.24) is 24.8 Å². The van der Waals surface area contributed by atoms with Crippen molar-refractivity contribution in [2.75, 3.05) is 20.0 Å². The highest BCUT2D eigenvalue weighted by Crippen LogP contribution is 2.39. The molecule has 4 N–H and O–H groups in total. The largest absolute Gasteiger partial charge is 0.497 e. The van der Waals surface area contributed by atoms with Crippen LogP contribution in [0.5, 0.6) is 11.5 Å². The molecule has 1 atom stereocenters. The number of ether oxygens (including phenoxy) is 2. The summed E-state index contributed by atoms with van der Waals surface area (Å²) in [5.41, 5.74) is 7.17. The number of nitrogens with two attached hydrogens (primary N) is 1. The van der Waals surface area contributed by atoms with E-state index in [0.717, 1.165) is 17.7 Å². The number of fused-ring (bicyclic) bond motifs is 1. The highest BCUT2D eigenvalue weighted by atomic mass is 32.2. The van der Waals surface area contributed by atoms with Crippen molar-refractivity contribution in [3.63, 3.8) is 0 Å². The second kappa shape index (κ2) is 8.88. The number of hydrogen-bond donors (Lipinski definition) is 3. The van der Waals surface area contributed by atoms with Gasteiger partial charge in [0.2, 0.25) is 0 Å². The number of nitrogens with zero attached hydrogens (tertiary/aromatic N) is 4. The summed E-state index contributed by atoms with van der Waals surface area (Å²) in [6.07, 6.45) is 3.09. The number of amides is 1. The molecule has 4 rings (SSSR count). The highest BCUT2D eigenvalue weighted by Gasteiger charge is 2.32. The van der Waals surface area contributed by atoms with Gasteiger partial charge in [0.25, 0.3) is 0 Å². The third kappa shape index (κ3) is 4.61. The van der Waals surface area contributed by atoms with Gasteiger partial charge in [-0.15, -0.1) is 0 Å².